The van der Waals surface area contributed by atoms with E-state index in [-0.39, 0.29) is 11.8 Å². The van der Waals surface area contributed by atoms with E-state index in [0.29, 0.717) is 0 Å². The van der Waals surface area contributed by atoms with Crippen LogP contribution in [0.1, 0.15) is 22.5 Å². The van der Waals surface area contributed by atoms with Crippen LogP contribution >= 0.6 is 0 Å². The van der Waals surface area contributed by atoms with Crippen molar-refractivity contribution in [1.29, 1.82) is 0 Å². The molecule has 3 nitrogen and oxygen atoms in total. The number of piperidine rings is 3. The summed E-state index contributed by atoms with van der Waals surface area (Å²) in [6, 6.07) is -1.08. The molecule has 3 fully saturated rings. The van der Waals surface area contributed by atoms with Crippen molar-refractivity contribution >= 4 is 5.91 Å². The Balaban J connectivity index is 2.20. The molecule has 2 atom stereocenters. The monoisotopic (exact) mass is 170 g/mol. The van der Waals surface area contributed by atoms with Crippen LogP contribution in [-0.4, -0.2) is 36.4 Å². The second-order valence-electron chi connectivity index (χ2n) is 3.58. The minimum atomic E-state index is -1.08. The molecule has 0 aliphatic carbocycles. The summed E-state index contributed by atoms with van der Waals surface area (Å²) in [5.41, 5.74) is 0. The van der Waals surface area contributed by atoms with Gasteiger partial charge in [0.1, 0.15) is 0 Å². The quantitative estimate of drug-likeness (QED) is 0.610. The molecule has 0 radical (unpaired) electrons. The lowest BCUT2D eigenvalue weighted by molar-refractivity contribution is -0.121. The fraction of sp³-hybridized carbons (Fsp3) is 0.889. The van der Waals surface area contributed by atoms with Crippen molar-refractivity contribution in [1.82, 2.24) is 10.2 Å². The number of amides is 1. The van der Waals surface area contributed by atoms with E-state index in [1.807, 2.05) is 4.90 Å². The van der Waals surface area contributed by atoms with E-state index >= 15 is 0 Å². The highest BCUT2D eigenvalue weighted by atomic mass is 16.1. The molecule has 3 rings (SSSR count). The normalized spacial score (nSPS) is 54.2. The minimum absolute atomic E-state index is 0.152. The molecule has 3 heterocycles. The molecule has 3 heteroatoms. The predicted molar refractivity (Wildman–Crippen MR) is 46.8 cm³/mol. The first-order valence-corrected chi connectivity index (χ1v) is 4.49. The van der Waals surface area contributed by atoms with Gasteiger partial charge in [0.05, 0.1) is 1.37 Å². The molecule has 2 unspecified atom stereocenters. The summed E-state index contributed by atoms with van der Waals surface area (Å²) in [4.78, 5) is 13.0. The third kappa shape index (κ3) is 1.46. The van der Waals surface area contributed by atoms with Crippen molar-refractivity contribution in [2.75, 3.05) is 19.6 Å². The van der Waals surface area contributed by atoms with E-state index in [0.717, 1.165) is 25.9 Å². The highest BCUT2D eigenvalue weighted by molar-refractivity contribution is 5.73. The van der Waals surface area contributed by atoms with Crippen molar-refractivity contribution in [3.63, 3.8) is 0 Å². The maximum absolute atomic E-state index is 11.0. The lowest BCUT2D eigenvalue weighted by atomic mass is 9.84. The molecule has 1 amide bonds. The molecule has 0 aromatic heterocycles. The summed E-state index contributed by atoms with van der Waals surface area (Å²) >= 11 is 0. The Morgan fingerprint density at radius 1 is 1.67 bits per heavy atom. The van der Waals surface area contributed by atoms with Gasteiger partial charge in [-0.25, -0.2) is 0 Å². The largest absolute Gasteiger partial charge is 0.352 e. The van der Waals surface area contributed by atoms with Crippen LogP contribution in [0.3, 0.4) is 0 Å². The molecular weight excluding hydrogens is 152 g/mol. The number of carbonyl (C=O) groups excluding carboxylic acids is 1. The van der Waals surface area contributed by atoms with Gasteiger partial charge in [0.2, 0.25) is 5.91 Å². The first-order chi connectivity index (χ1) is 6.54. The molecule has 0 aromatic carbocycles. The molecular formula is C9H16N2O. The van der Waals surface area contributed by atoms with E-state index < -0.39 is 12.5 Å². The highest BCUT2D eigenvalue weighted by Crippen LogP contribution is 2.27. The van der Waals surface area contributed by atoms with Crippen molar-refractivity contribution < 1.29 is 7.54 Å². The van der Waals surface area contributed by atoms with Gasteiger partial charge >= 0.3 is 0 Å². The molecule has 12 heavy (non-hydrogen) atoms. The molecule has 3 saturated heterocycles. The zero-order valence-electron chi connectivity index (χ0n) is 9.34. The van der Waals surface area contributed by atoms with Crippen LogP contribution in [0.2, 0.25) is 0 Å². The zero-order chi connectivity index (χ0) is 10.3. The van der Waals surface area contributed by atoms with Gasteiger partial charge in [-0.1, -0.05) is 0 Å². The summed E-state index contributed by atoms with van der Waals surface area (Å²) in [5, 5.41) is 2.64. The fourth-order valence-electron chi connectivity index (χ4n) is 1.98. The molecule has 1 N–H and O–H groups in total. The molecule has 68 valence electrons. The number of hydrogen-bond acceptors (Lipinski definition) is 2. The van der Waals surface area contributed by atoms with Crippen molar-refractivity contribution in [3.8, 4) is 0 Å². The SMILES string of the molecule is [2H]C1N2CCC(CC2)C1([2H])NC(C)=O. The van der Waals surface area contributed by atoms with Gasteiger partial charge in [-0.2, -0.15) is 0 Å². The van der Waals surface area contributed by atoms with Crippen LogP contribution in [0.15, 0.2) is 0 Å². The van der Waals surface area contributed by atoms with Crippen molar-refractivity contribution in [2.24, 2.45) is 5.92 Å². The van der Waals surface area contributed by atoms with Gasteiger partial charge in [-0.05, 0) is 31.8 Å². The fourth-order valence-corrected chi connectivity index (χ4v) is 1.98. The average Bonchev–Trinajstić information content (AvgIpc) is 2.13. The number of hydrogen-bond donors (Lipinski definition) is 1. The smallest absolute Gasteiger partial charge is 0.217 e. The van der Waals surface area contributed by atoms with Crippen molar-refractivity contribution in [2.45, 2.75) is 25.8 Å². The van der Waals surface area contributed by atoms with Gasteiger partial charge < -0.3 is 10.2 Å². The lowest BCUT2D eigenvalue weighted by Gasteiger charge is -2.44. The topological polar surface area (TPSA) is 32.3 Å². The van der Waals surface area contributed by atoms with Gasteiger partial charge in [0.15, 0.2) is 0 Å². The summed E-state index contributed by atoms with van der Waals surface area (Å²) < 4.78 is 16.1. The molecule has 3 aliphatic heterocycles. The average molecular weight is 170 g/mol. The summed E-state index contributed by atoms with van der Waals surface area (Å²) in [6.45, 7) is 2.62. The van der Waals surface area contributed by atoms with Gasteiger partial charge in [0.25, 0.3) is 0 Å². The molecule has 0 spiro atoms. The van der Waals surface area contributed by atoms with Crippen LogP contribution in [-0.2, 0) is 4.79 Å². The first kappa shape index (κ1) is 5.97. The number of carbonyl (C=O) groups is 1. The van der Waals surface area contributed by atoms with E-state index in [4.69, 9.17) is 2.74 Å². The molecule has 2 bridgehead atoms. The third-order valence-electron chi connectivity index (χ3n) is 2.61. The van der Waals surface area contributed by atoms with Crippen LogP contribution < -0.4 is 5.32 Å². The maximum Gasteiger partial charge on any atom is 0.217 e. The maximum atomic E-state index is 11.0. The lowest BCUT2D eigenvalue weighted by Crippen LogP contribution is -2.56. The Hall–Kier alpha value is -0.570. The number of rotatable bonds is 1. The van der Waals surface area contributed by atoms with Gasteiger partial charge in [0, 0.05) is 20.8 Å². The van der Waals surface area contributed by atoms with E-state index in [9.17, 15) is 4.79 Å². The summed E-state index contributed by atoms with van der Waals surface area (Å²) in [6.07, 6.45) is 1.86. The number of fused-ring (bicyclic) bond motifs is 3. The first-order valence-electron chi connectivity index (χ1n) is 5.57. The highest BCUT2D eigenvalue weighted by Gasteiger charge is 2.34. The van der Waals surface area contributed by atoms with Crippen LogP contribution in [0.25, 0.3) is 0 Å². The van der Waals surface area contributed by atoms with E-state index in [2.05, 4.69) is 5.32 Å². The Bertz CT molecular complexity index is 249. The van der Waals surface area contributed by atoms with Gasteiger partial charge in [-0.15, -0.1) is 0 Å². The predicted octanol–water partition coefficient (Wildman–Crippen LogP) is 0.217. The number of nitrogens with one attached hydrogen (secondary N) is 1. The Kier molecular flexibility index (Phi) is 1.52. The molecule has 0 saturated carbocycles. The standard InChI is InChI=1S/C9H16N2O/c1-7(12)10-9-6-11-4-2-8(9)3-5-11/h8-9H,2-6H2,1H3,(H,10,12)/i6D,9D. The van der Waals surface area contributed by atoms with E-state index in [1.54, 1.807) is 0 Å². The van der Waals surface area contributed by atoms with Crippen LogP contribution in [0.4, 0.5) is 0 Å². The van der Waals surface area contributed by atoms with Crippen LogP contribution in [0.5, 0.6) is 0 Å². The molecule has 3 aliphatic rings. The van der Waals surface area contributed by atoms with E-state index in [1.165, 1.54) is 6.92 Å². The zero-order valence-corrected chi connectivity index (χ0v) is 7.34. The van der Waals surface area contributed by atoms with Crippen molar-refractivity contribution in [3.05, 3.63) is 0 Å². The number of nitrogens with zero attached hydrogens (tertiary/aromatic N) is 1. The Morgan fingerprint density at radius 3 is 2.83 bits per heavy atom. The Labute approximate surface area is 75.9 Å². The van der Waals surface area contributed by atoms with Crippen LogP contribution in [0, 0.1) is 5.92 Å². The Morgan fingerprint density at radius 2 is 2.33 bits per heavy atom. The van der Waals surface area contributed by atoms with Gasteiger partial charge in [-0.3, -0.25) is 4.79 Å². The molecule has 0 aromatic rings. The second kappa shape index (κ2) is 3.05. The summed E-state index contributed by atoms with van der Waals surface area (Å²) in [7, 11) is 0. The minimum Gasteiger partial charge on any atom is -0.352 e. The second-order valence-corrected chi connectivity index (χ2v) is 3.58. The summed E-state index contributed by atoms with van der Waals surface area (Å²) in [5.74, 6) is -0.0510. The third-order valence-corrected chi connectivity index (χ3v) is 2.61.